The molecule has 1 aliphatic rings. The van der Waals surface area contributed by atoms with Crippen molar-refractivity contribution >= 4 is 5.97 Å². The van der Waals surface area contributed by atoms with Gasteiger partial charge in [0, 0.05) is 0 Å². The van der Waals surface area contributed by atoms with Gasteiger partial charge in [-0.2, -0.15) is 0 Å². The van der Waals surface area contributed by atoms with Gasteiger partial charge in [-0.05, 0) is 30.0 Å². The van der Waals surface area contributed by atoms with Crippen molar-refractivity contribution in [1.29, 1.82) is 0 Å². The minimum Gasteiger partial charge on any atom is -0.497 e. The summed E-state index contributed by atoms with van der Waals surface area (Å²) in [5.74, 6) is 0.147. The van der Waals surface area contributed by atoms with E-state index in [1.165, 1.54) is 0 Å². The molecule has 1 aromatic rings. The Hall–Kier alpha value is -1.51. The molecule has 0 saturated heterocycles. The van der Waals surface area contributed by atoms with Crippen LogP contribution in [0.25, 0.3) is 0 Å². The molecule has 1 aliphatic carbocycles. The highest BCUT2D eigenvalue weighted by Crippen LogP contribution is 2.47. The minimum atomic E-state index is -0.689. The van der Waals surface area contributed by atoms with Crippen LogP contribution in [0.5, 0.6) is 5.75 Å². The van der Waals surface area contributed by atoms with Crippen LogP contribution < -0.4 is 4.74 Å². The Bertz CT molecular complexity index is 342. The smallest absolute Gasteiger partial charge is 0.307 e. The number of rotatable bonds is 3. The lowest BCUT2D eigenvalue weighted by Crippen LogP contribution is -1.98. The van der Waals surface area contributed by atoms with Gasteiger partial charge < -0.3 is 9.84 Å². The fourth-order valence-electron chi connectivity index (χ4n) is 1.69. The molecule has 2 atom stereocenters. The van der Waals surface area contributed by atoms with Gasteiger partial charge in [0.2, 0.25) is 0 Å². The third-order valence-electron chi connectivity index (χ3n) is 2.65. The highest BCUT2D eigenvalue weighted by Gasteiger charge is 2.43. The van der Waals surface area contributed by atoms with Crippen molar-refractivity contribution in [3.8, 4) is 5.75 Å². The second kappa shape index (κ2) is 3.33. The van der Waals surface area contributed by atoms with Crippen molar-refractivity contribution in [2.24, 2.45) is 5.92 Å². The fourth-order valence-corrected chi connectivity index (χ4v) is 1.69. The van der Waals surface area contributed by atoms with E-state index in [9.17, 15) is 4.79 Å². The third kappa shape index (κ3) is 1.58. The van der Waals surface area contributed by atoms with Gasteiger partial charge in [-0.1, -0.05) is 12.1 Å². The first-order valence-corrected chi connectivity index (χ1v) is 4.59. The van der Waals surface area contributed by atoms with E-state index in [2.05, 4.69) is 0 Å². The van der Waals surface area contributed by atoms with Gasteiger partial charge in [0.1, 0.15) is 5.75 Å². The summed E-state index contributed by atoms with van der Waals surface area (Å²) in [5.41, 5.74) is 1.10. The zero-order valence-corrected chi connectivity index (χ0v) is 7.93. The van der Waals surface area contributed by atoms with E-state index >= 15 is 0 Å². The summed E-state index contributed by atoms with van der Waals surface area (Å²) in [5, 5.41) is 8.76. The number of hydrogen-bond donors (Lipinski definition) is 1. The maximum atomic E-state index is 10.6. The fraction of sp³-hybridized carbons (Fsp3) is 0.364. The number of aliphatic carboxylic acids is 1. The van der Waals surface area contributed by atoms with Crippen LogP contribution in [0.3, 0.4) is 0 Å². The van der Waals surface area contributed by atoms with Crippen molar-refractivity contribution in [3.05, 3.63) is 29.8 Å². The van der Waals surface area contributed by atoms with Crippen LogP contribution >= 0.6 is 0 Å². The molecule has 0 aromatic heterocycles. The first-order chi connectivity index (χ1) is 6.72. The maximum Gasteiger partial charge on any atom is 0.307 e. The zero-order valence-electron chi connectivity index (χ0n) is 7.93. The van der Waals surface area contributed by atoms with Crippen LogP contribution in [0, 0.1) is 5.92 Å². The average molecular weight is 192 g/mol. The number of carbonyl (C=O) groups is 1. The van der Waals surface area contributed by atoms with Crippen LogP contribution in [-0.4, -0.2) is 18.2 Å². The van der Waals surface area contributed by atoms with E-state index in [1.807, 2.05) is 24.3 Å². The summed E-state index contributed by atoms with van der Waals surface area (Å²) in [7, 11) is 1.62. The first-order valence-electron chi connectivity index (χ1n) is 4.59. The average Bonchev–Trinajstić information content (AvgIpc) is 2.97. The quantitative estimate of drug-likeness (QED) is 0.795. The van der Waals surface area contributed by atoms with Gasteiger partial charge in [0.15, 0.2) is 0 Å². The van der Waals surface area contributed by atoms with Gasteiger partial charge in [-0.15, -0.1) is 0 Å². The number of methoxy groups -OCH3 is 1. The lowest BCUT2D eigenvalue weighted by molar-refractivity contribution is -0.138. The molecule has 0 unspecified atom stereocenters. The SMILES string of the molecule is COc1ccc([C@H]2C[C@@H]2C(=O)O)cc1. The van der Waals surface area contributed by atoms with Crippen LogP contribution in [-0.2, 0) is 4.79 Å². The molecule has 1 fully saturated rings. The molecule has 3 heteroatoms. The Labute approximate surface area is 82.3 Å². The summed E-state index contributed by atoms with van der Waals surface area (Å²) >= 11 is 0. The van der Waals surface area contributed by atoms with E-state index < -0.39 is 5.97 Å². The normalized spacial score (nSPS) is 24.4. The lowest BCUT2D eigenvalue weighted by atomic mass is 10.1. The van der Waals surface area contributed by atoms with Gasteiger partial charge in [-0.3, -0.25) is 4.79 Å². The van der Waals surface area contributed by atoms with Gasteiger partial charge in [0.25, 0.3) is 0 Å². The monoisotopic (exact) mass is 192 g/mol. The molecular formula is C11H12O3. The molecule has 1 saturated carbocycles. The molecule has 0 radical (unpaired) electrons. The van der Waals surface area contributed by atoms with Crippen LogP contribution in [0.1, 0.15) is 17.9 Å². The highest BCUT2D eigenvalue weighted by molar-refractivity contribution is 5.75. The molecule has 0 spiro atoms. The largest absolute Gasteiger partial charge is 0.497 e. The van der Waals surface area contributed by atoms with Gasteiger partial charge >= 0.3 is 5.97 Å². The summed E-state index contributed by atoms with van der Waals surface area (Å²) in [6, 6.07) is 7.61. The van der Waals surface area contributed by atoms with Gasteiger partial charge in [-0.25, -0.2) is 0 Å². The van der Waals surface area contributed by atoms with Crippen molar-refractivity contribution in [2.45, 2.75) is 12.3 Å². The standard InChI is InChI=1S/C11H12O3/c1-14-8-4-2-7(3-5-8)9-6-10(9)11(12)13/h2-5,9-10H,6H2,1H3,(H,12,13)/t9-,10+/m1/s1. The highest BCUT2D eigenvalue weighted by atomic mass is 16.5. The van der Waals surface area contributed by atoms with Gasteiger partial charge in [0.05, 0.1) is 13.0 Å². The summed E-state index contributed by atoms with van der Waals surface area (Å²) in [6.45, 7) is 0. The summed E-state index contributed by atoms with van der Waals surface area (Å²) < 4.78 is 5.03. The summed E-state index contributed by atoms with van der Waals surface area (Å²) in [4.78, 5) is 10.6. The molecular weight excluding hydrogens is 180 g/mol. The lowest BCUT2D eigenvalue weighted by Gasteiger charge is -2.01. The Balaban J connectivity index is 2.08. The molecule has 0 heterocycles. The Morgan fingerprint density at radius 2 is 2.07 bits per heavy atom. The summed E-state index contributed by atoms with van der Waals surface area (Å²) in [6.07, 6.45) is 0.766. The predicted molar refractivity (Wildman–Crippen MR) is 51.5 cm³/mol. The minimum absolute atomic E-state index is 0.177. The Kier molecular flexibility index (Phi) is 2.15. The molecule has 14 heavy (non-hydrogen) atoms. The number of benzene rings is 1. The molecule has 0 amide bonds. The second-order valence-electron chi connectivity index (χ2n) is 3.56. The van der Waals surface area contributed by atoms with Crippen LogP contribution in [0.4, 0.5) is 0 Å². The molecule has 2 rings (SSSR count). The zero-order chi connectivity index (χ0) is 10.1. The van der Waals surface area contributed by atoms with E-state index in [4.69, 9.17) is 9.84 Å². The second-order valence-corrected chi connectivity index (χ2v) is 3.56. The van der Waals surface area contributed by atoms with E-state index in [1.54, 1.807) is 7.11 Å². The number of ether oxygens (including phenoxy) is 1. The van der Waals surface area contributed by atoms with Crippen molar-refractivity contribution in [3.63, 3.8) is 0 Å². The molecule has 1 N–H and O–H groups in total. The van der Waals surface area contributed by atoms with Crippen molar-refractivity contribution < 1.29 is 14.6 Å². The van der Waals surface area contributed by atoms with E-state index in [0.29, 0.717) is 0 Å². The maximum absolute atomic E-state index is 10.6. The third-order valence-corrected chi connectivity index (χ3v) is 2.65. The van der Waals surface area contributed by atoms with Crippen molar-refractivity contribution in [2.75, 3.05) is 7.11 Å². The molecule has 0 bridgehead atoms. The predicted octanol–water partition coefficient (Wildman–Crippen LogP) is 1.88. The van der Waals surface area contributed by atoms with Crippen molar-refractivity contribution in [1.82, 2.24) is 0 Å². The number of hydrogen-bond acceptors (Lipinski definition) is 2. The molecule has 74 valence electrons. The topological polar surface area (TPSA) is 46.5 Å². The van der Waals surface area contributed by atoms with E-state index in [-0.39, 0.29) is 11.8 Å². The Morgan fingerprint density at radius 3 is 2.50 bits per heavy atom. The number of carboxylic acid groups (broad SMARTS) is 1. The molecule has 3 nitrogen and oxygen atoms in total. The van der Waals surface area contributed by atoms with E-state index in [0.717, 1.165) is 17.7 Å². The molecule has 0 aliphatic heterocycles. The molecule has 1 aromatic carbocycles. The first kappa shape index (κ1) is 9.06. The van der Waals surface area contributed by atoms with Crippen LogP contribution in [0.15, 0.2) is 24.3 Å². The van der Waals surface area contributed by atoms with Crippen LogP contribution in [0.2, 0.25) is 0 Å². The number of carboxylic acids is 1. The Morgan fingerprint density at radius 1 is 1.43 bits per heavy atom.